The lowest BCUT2D eigenvalue weighted by Crippen LogP contribution is -2.28. The van der Waals surface area contributed by atoms with Gasteiger partial charge < -0.3 is 25.7 Å². The van der Waals surface area contributed by atoms with Gasteiger partial charge >= 0.3 is 11.9 Å². The van der Waals surface area contributed by atoms with Gasteiger partial charge in [0, 0.05) is 30.5 Å². The van der Waals surface area contributed by atoms with Crippen LogP contribution in [-0.2, 0) is 25.4 Å². The summed E-state index contributed by atoms with van der Waals surface area (Å²) in [6.45, 7) is 3.10. The fraction of sp³-hybridized carbons (Fsp3) is 0.407. The van der Waals surface area contributed by atoms with Crippen molar-refractivity contribution in [1.82, 2.24) is 0 Å². The van der Waals surface area contributed by atoms with E-state index in [1.54, 1.807) is 42.5 Å². The van der Waals surface area contributed by atoms with Crippen molar-refractivity contribution < 1.29 is 23.8 Å². The van der Waals surface area contributed by atoms with Crippen LogP contribution >= 0.6 is 0 Å². The van der Waals surface area contributed by atoms with Crippen molar-refractivity contribution in [1.29, 1.82) is 0 Å². The number of rotatable bonds is 10. The zero-order chi connectivity index (χ0) is 24.3. The van der Waals surface area contributed by atoms with Gasteiger partial charge in [0.25, 0.3) is 0 Å². The molecule has 182 valence electrons. The number of hydrogen-bond acceptors (Lipinski definition) is 7. The largest absolute Gasteiger partial charge is 0.462 e. The third kappa shape index (κ3) is 7.92. The molecule has 0 aromatic heterocycles. The minimum Gasteiger partial charge on any atom is -0.462 e. The predicted molar refractivity (Wildman–Crippen MR) is 133 cm³/mol. The molecule has 0 unspecified atom stereocenters. The van der Waals surface area contributed by atoms with Gasteiger partial charge in [-0.05, 0) is 73.6 Å². The molecule has 1 fully saturated rings. The summed E-state index contributed by atoms with van der Waals surface area (Å²) >= 11 is 0. The zero-order valence-electron chi connectivity index (χ0n) is 19.7. The Bertz CT molecular complexity index is 979. The van der Waals surface area contributed by atoms with Crippen LogP contribution in [-0.4, -0.2) is 37.4 Å². The standard InChI is InChI=1S/C27H34N2O5/c1-2-16-32-23-10-12-24(13-11-23)34-27(31)21-6-3-19(4-7-21)5-14-26(30)33-17-15-20-8-9-22(28)18-25(20)29/h3-9,14,18,23-24H,2,10-13,15-17,28-29H2,1H3/b14-5+. The van der Waals surface area contributed by atoms with Crippen LogP contribution in [0.1, 0.15) is 60.5 Å². The van der Waals surface area contributed by atoms with Gasteiger partial charge in [0.1, 0.15) is 6.10 Å². The van der Waals surface area contributed by atoms with Crippen LogP contribution in [0.4, 0.5) is 11.4 Å². The number of nitrogen functional groups attached to an aromatic ring is 2. The van der Waals surface area contributed by atoms with Crippen LogP contribution in [0.5, 0.6) is 0 Å². The van der Waals surface area contributed by atoms with Crippen molar-refractivity contribution in [3.63, 3.8) is 0 Å². The molecule has 0 aliphatic heterocycles. The Morgan fingerprint density at radius 1 is 0.971 bits per heavy atom. The molecule has 1 saturated carbocycles. The lowest BCUT2D eigenvalue weighted by atomic mass is 9.95. The topological polar surface area (TPSA) is 114 Å². The second-order valence-corrected chi connectivity index (χ2v) is 8.51. The first-order chi connectivity index (χ1) is 16.4. The molecule has 0 bridgehead atoms. The first-order valence-corrected chi connectivity index (χ1v) is 11.9. The third-order valence-electron chi connectivity index (χ3n) is 5.80. The highest BCUT2D eigenvalue weighted by atomic mass is 16.5. The average molecular weight is 467 g/mol. The summed E-state index contributed by atoms with van der Waals surface area (Å²) in [5.41, 5.74) is 14.9. The molecule has 0 atom stereocenters. The van der Waals surface area contributed by atoms with Gasteiger partial charge in [-0.3, -0.25) is 0 Å². The Kier molecular flexibility index (Phi) is 9.52. The van der Waals surface area contributed by atoms with E-state index in [0.717, 1.165) is 49.8 Å². The van der Waals surface area contributed by atoms with Crippen molar-refractivity contribution in [3.8, 4) is 0 Å². The molecule has 3 rings (SSSR count). The second kappa shape index (κ2) is 12.8. The molecule has 34 heavy (non-hydrogen) atoms. The van der Waals surface area contributed by atoms with Crippen LogP contribution in [0.3, 0.4) is 0 Å². The fourth-order valence-corrected chi connectivity index (χ4v) is 3.87. The minimum atomic E-state index is -0.448. The maximum absolute atomic E-state index is 12.5. The van der Waals surface area contributed by atoms with E-state index in [4.69, 9.17) is 25.7 Å². The Hall–Kier alpha value is -3.32. The first-order valence-electron chi connectivity index (χ1n) is 11.9. The van der Waals surface area contributed by atoms with Gasteiger partial charge in [0.15, 0.2) is 0 Å². The summed E-state index contributed by atoms with van der Waals surface area (Å²) in [6.07, 6.45) is 8.25. The molecule has 0 spiro atoms. The van der Waals surface area contributed by atoms with E-state index in [1.807, 2.05) is 6.07 Å². The molecule has 0 heterocycles. The molecule has 0 amide bonds. The van der Waals surface area contributed by atoms with Crippen LogP contribution in [0, 0.1) is 0 Å². The van der Waals surface area contributed by atoms with E-state index < -0.39 is 5.97 Å². The molecule has 7 heteroatoms. The molecule has 2 aromatic rings. The fourth-order valence-electron chi connectivity index (χ4n) is 3.87. The molecule has 0 saturated heterocycles. The summed E-state index contributed by atoms with van der Waals surface area (Å²) in [5, 5.41) is 0. The number of nitrogens with two attached hydrogens (primary N) is 2. The average Bonchev–Trinajstić information content (AvgIpc) is 2.84. The monoisotopic (exact) mass is 466 g/mol. The number of anilines is 2. The highest BCUT2D eigenvalue weighted by molar-refractivity contribution is 5.90. The van der Waals surface area contributed by atoms with E-state index in [9.17, 15) is 9.59 Å². The summed E-state index contributed by atoms with van der Waals surface area (Å²) in [6, 6.07) is 12.2. The molecule has 7 nitrogen and oxygen atoms in total. The quantitative estimate of drug-likeness (QED) is 0.300. The number of carbonyl (C=O) groups is 2. The highest BCUT2D eigenvalue weighted by Crippen LogP contribution is 2.24. The Balaban J connectivity index is 1.40. The van der Waals surface area contributed by atoms with E-state index >= 15 is 0 Å². The van der Waals surface area contributed by atoms with E-state index in [1.165, 1.54) is 6.08 Å². The first kappa shape index (κ1) is 25.3. The van der Waals surface area contributed by atoms with Crippen molar-refractivity contribution in [2.75, 3.05) is 24.7 Å². The van der Waals surface area contributed by atoms with Gasteiger partial charge in [-0.15, -0.1) is 0 Å². The Morgan fingerprint density at radius 2 is 1.68 bits per heavy atom. The molecule has 1 aliphatic rings. The number of esters is 2. The smallest absolute Gasteiger partial charge is 0.338 e. The van der Waals surface area contributed by atoms with Crippen LogP contribution < -0.4 is 11.5 Å². The summed E-state index contributed by atoms with van der Waals surface area (Å²) in [5.74, 6) is -0.772. The SMILES string of the molecule is CCCOC1CCC(OC(=O)c2ccc(/C=C/C(=O)OCCc3ccc(N)cc3N)cc2)CC1. The normalized spacial score (nSPS) is 18.0. The Labute approximate surface area is 201 Å². The molecular weight excluding hydrogens is 432 g/mol. The van der Waals surface area contributed by atoms with Gasteiger partial charge in [-0.2, -0.15) is 0 Å². The maximum Gasteiger partial charge on any atom is 0.338 e. The molecule has 0 radical (unpaired) electrons. The van der Waals surface area contributed by atoms with E-state index in [2.05, 4.69) is 6.92 Å². The predicted octanol–water partition coefficient (Wildman–Crippen LogP) is 4.54. The third-order valence-corrected chi connectivity index (χ3v) is 5.80. The van der Waals surface area contributed by atoms with Crippen LogP contribution in [0.25, 0.3) is 6.08 Å². The van der Waals surface area contributed by atoms with Crippen molar-refractivity contribution >= 4 is 29.4 Å². The molecular formula is C27H34N2O5. The molecule has 2 aromatic carbocycles. The van der Waals surface area contributed by atoms with Crippen molar-refractivity contribution in [2.45, 2.75) is 57.7 Å². The lowest BCUT2D eigenvalue weighted by Gasteiger charge is -2.28. The number of carbonyl (C=O) groups excluding carboxylic acids is 2. The van der Waals surface area contributed by atoms with Gasteiger partial charge in [-0.1, -0.05) is 25.1 Å². The number of ether oxygens (including phenoxy) is 3. The molecule has 4 N–H and O–H groups in total. The summed E-state index contributed by atoms with van der Waals surface area (Å²) < 4.78 is 16.7. The van der Waals surface area contributed by atoms with Crippen LogP contribution in [0.15, 0.2) is 48.5 Å². The van der Waals surface area contributed by atoms with Crippen molar-refractivity contribution in [3.05, 3.63) is 65.2 Å². The van der Waals surface area contributed by atoms with Gasteiger partial charge in [0.2, 0.25) is 0 Å². The zero-order valence-corrected chi connectivity index (χ0v) is 19.7. The van der Waals surface area contributed by atoms with E-state index in [0.29, 0.717) is 23.4 Å². The summed E-state index contributed by atoms with van der Waals surface area (Å²) in [7, 11) is 0. The number of hydrogen-bond donors (Lipinski definition) is 2. The Morgan fingerprint density at radius 3 is 2.35 bits per heavy atom. The lowest BCUT2D eigenvalue weighted by molar-refractivity contribution is -0.137. The van der Waals surface area contributed by atoms with Crippen LogP contribution in [0.2, 0.25) is 0 Å². The van der Waals surface area contributed by atoms with E-state index in [-0.39, 0.29) is 24.8 Å². The molecule has 1 aliphatic carbocycles. The minimum absolute atomic E-state index is 0.0630. The summed E-state index contributed by atoms with van der Waals surface area (Å²) in [4.78, 5) is 24.4. The van der Waals surface area contributed by atoms with Crippen molar-refractivity contribution in [2.24, 2.45) is 0 Å². The highest BCUT2D eigenvalue weighted by Gasteiger charge is 2.24. The van der Waals surface area contributed by atoms with Gasteiger partial charge in [0.05, 0.1) is 18.3 Å². The number of benzene rings is 2. The second-order valence-electron chi connectivity index (χ2n) is 8.51. The van der Waals surface area contributed by atoms with Gasteiger partial charge in [-0.25, -0.2) is 9.59 Å². The maximum atomic E-state index is 12.5.